The molecule has 0 radical (unpaired) electrons. The van der Waals surface area contributed by atoms with Gasteiger partial charge in [-0.05, 0) is 53.2 Å². The van der Waals surface area contributed by atoms with Gasteiger partial charge in [-0.3, -0.25) is 0 Å². The molecule has 2 atom stereocenters. The molecule has 2 rings (SSSR count). The predicted octanol–water partition coefficient (Wildman–Crippen LogP) is 4.30. The number of carbonyl (C=O) groups is 1. The molecule has 1 saturated carbocycles. The molecule has 0 amide bonds. The lowest BCUT2D eigenvalue weighted by atomic mass is 9.85. The average Bonchev–Trinajstić information content (AvgIpc) is 2.43. The summed E-state index contributed by atoms with van der Waals surface area (Å²) in [4.78, 5) is 12.2. The Hall–Kier alpha value is -1.10. The van der Waals surface area contributed by atoms with Gasteiger partial charge in [0.1, 0.15) is 11.9 Å². The van der Waals surface area contributed by atoms with Crippen LogP contribution in [-0.4, -0.2) is 12.1 Å². The third-order valence-corrected chi connectivity index (χ3v) is 4.55. The van der Waals surface area contributed by atoms with Crippen molar-refractivity contribution in [3.8, 4) is 0 Å². The van der Waals surface area contributed by atoms with Crippen LogP contribution in [-0.2, 0) is 4.74 Å². The zero-order valence-corrected chi connectivity index (χ0v) is 13.1. The number of anilines is 1. The Balaban J connectivity index is 2.06. The molecule has 0 aliphatic heterocycles. The minimum absolute atomic E-state index is 0.0422. The molecule has 5 heteroatoms. The first-order valence-corrected chi connectivity index (χ1v) is 7.76. The first kappa shape index (κ1) is 15.3. The van der Waals surface area contributed by atoms with E-state index in [2.05, 4.69) is 22.9 Å². The van der Waals surface area contributed by atoms with Gasteiger partial charge in [0.05, 0.1) is 11.3 Å². The van der Waals surface area contributed by atoms with Gasteiger partial charge in [0.15, 0.2) is 0 Å². The number of nitrogen functional groups attached to an aromatic ring is 1. The van der Waals surface area contributed by atoms with E-state index < -0.39 is 11.8 Å². The van der Waals surface area contributed by atoms with Crippen molar-refractivity contribution in [2.75, 3.05) is 5.73 Å². The van der Waals surface area contributed by atoms with Gasteiger partial charge in [-0.1, -0.05) is 19.8 Å². The fourth-order valence-electron chi connectivity index (χ4n) is 2.66. The maximum Gasteiger partial charge on any atom is 0.339 e. The summed E-state index contributed by atoms with van der Waals surface area (Å²) < 4.78 is 19.2. The summed E-state index contributed by atoms with van der Waals surface area (Å²) in [7, 11) is 0. The number of carbonyl (C=O) groups excluding carboxylic acids is 1. The SMILES string of the molecule is CCC1CCCC(OC(=O)c2cc(N)c(F)cc2Br)C1. The van der Waals surface area contributed by atoms with E-state index in [1.165, 1.54) is 18.6 Å². The monoisotopic (exact) mass is 343 g/mol. The van der Waals surface area contributed by atoms with Gasteiger partial charge >= 0.3 is 5.97 Å². The maximum absolute atomic E-state index is 13.3. The van der Waals surface area contributed by atoms with Crippen LogP contribution in [0, 0.1) is 11.7 Å². The quantitative estimate of drug-likeness (QED) is 0.657. The molecule has 1 aromatic rings. The summed E-state index contributed by atoms with van der Waals surface area (Å²) in [6.07, 6.45) is 5.18. The smallest absolute Gasteiger partial charge is 0.339 e. The Kier molecular flexibility index (Phi) is 5.02. The van der Waals surface area contributed by atoms with Crippen LogP contribution >= 0.6 is 15.9 Å². The van der Waals surface area contributed by atoms with Crippen molar-refractivity contribution in [1.82, 2.24) is 0 Å². The Bertz CT molecular complexity index is 507. The van der Waals surface area contributed by atoms with E-state index in [-0.39, 0.29) is 17.4 Å². The number of hydrogen-bond donors (Lipinski definition) is 1. The Morgan fingerprint density at radius 1 is 1.50 bits per heavy atom. The van der Waals surface area contributed by atoms with Crippen LogP contribution in [0.1, 0.15) is 49.4 Å². The van der Waals surface area contributed by atoms with Crippen LogP contribution in [0.25, 0.3) is 0 Å². The second kappa shape index (κ2) is 6.57. The van der Waals surface area contributed by atoms with E-state index in [4.69, 9.17) is 10.5 Å². The molecule has 0 saturated heterocycles. The van der Waals surface area contributed by atoms with Crippen LogP contribution in [0.15, 0.2) is 16.6 Å². The molecule has 1 aromatic carbocycles. The first-order chi connectivity index (χ1) is 9.51. The highest BCUT2D eigenvalue weighted by molar-refractivity contribution is 9.10. The van der Waals surface area contributed by atoms with Gasteiger partial charge in [-0.15, -0.1) is 0 Å². The van der Waals surface area contributed by atoms with Crippen LogP contribution in [0.2, 0.25) is 0 Å². The molecule has 20 heavy (non-hydrogen) atoms. The molecular weight excluding hydrogens is 325 g/mol. The molecule has 0 spiro atoms. The van der Waals surface area contributed by atoms with E-state index in [9.17, 15) is 9.18 Å². The number of rotatable bonds is 3. The molecule has 1 aliphatic rings. The normalized spacial score (nSPS) is 22.6. The molecule has 2 unspecified atom stereocenters. The minimum Gasteiger partial charge on any atom is -0.459 e. The van der Waals surface area contributed by atoms with Crippen molar-refractivity contribution in [2.45, 2.75) is 45.1 Å². The molecule has 3 nitrogen and oxygen atoms in total. The molecule has 1 fully saturated rings. The lowest BCUT2D eigenvalue weighted by Gasteiger charge is -2.28. The van der Waals surface area contributed by atoms with Gasteiger partial charge in [0.25, 0.3) is 0 Å². The van der Waals surface area contributed by atoms with E-state index in [1.807, 2.05) is 0 Å². The van der Waals surface area contributed by atoms with Crippen molar-refractivity contribution in [1.29, 1.82) is 0 Å². The highest BCUT2D eigenvalue weighted by Gasteiger charge is 2.25. The van der Waals surface area contributed by atoms with Crippen molar-refractivity contribution in [3.63, 3.8) is 0 Å². The predicted molar refractivity (Wildman–Crippen MR) is 80.0 cm³/mol. The van der Waals surface area contributed by atoms with E-state index >= 15 is 0 Å². The molecule has 110 valence electrons. The van der Waals surface area contributed by atoms with Crippen LogP contribution < -0.4 is 5.73 Å². The molecule has 0 heterocycles. The third-order valence-electron chi connectivity index (χ3n) is 3.89. The highest BCUT2D eigenvalue weighted by Crippen LogP contribution is 2.30. The Morgan fingerprint density at radius 2 is 2.25 bits per heavy atom. The lowest BCUT2D eigenvalue weighted by Crippen LogP contribution is -2.25. The number of benzene rings is 1. The Labute approximate surface area is 126 Å². The molecule has 2 N–H and O–H groups in total. The van der Waals surface area contributed by atoms with Crippen LogP contribution in [0.5, 0.6) is 0 Å². The fourth-order valence-corrected chi connectivity index (χ4v) is 3.13. The summed E-state index contributed by atoms with van der Waals surface area (Å²) in [6.45, 7) is 2.16. The number of ether oxygens (including phenoxy) is 1. The molecule has 0 aromatic heterocycles. The summed E-state index contributed by atoms with van der Waals surface area (Å²) >= 11 is 3.18. The zero-order valence-electron chi connectivity index (χ0n) is 11.5. The van der Waals surface area contributed by atoms with E-state index in [0.717, 1.165) is 25.7 Å². The van der Waals surface area contributed by atoms with Crippen LogP contribution in [0.4, 0.5) is 10.1 Å². The highest BCUT2D eigenvalue weighted by atomic mass is 79.9. The number of nitrogens with two attached hydrogens (primary N) is 1. The van der Waals surface area contributed by atoms with Crippen molar-refractivity contribution in [3.05, 3.63) is 28.0 Å². The maximum atomic E-state index is 13.3. The van der Waals surface area contributed by atoms with Gasteiger partial charge in [-0.25, -0.2) is 9.18 Å². The second-order valence-corrected chi connectivity index (χ2v) is 6.18. The van der Waals surface area contributed by atoms with Gasteiger partial charge in [0.2, 0.25) is 0 Å². The summed E-state index contributed by atoms with van der Waals surface area (Å²) in [6, 6.07) is 2.52. The van der Waals surface area contributed by atoms with E-state index in [0.29, 0.717) is 10.4 Å². The number of halogens is 2. The lowest BCUT2D eigenvalue weighted by molar-refractivity contribution is 0.0139. The molecule has 1 aliphatic carbocycles. The first-order valence-electron chi connectivity index (χ1n) is 6.96. The van der Waals surface area contributed by atoms with Gasteiger partial charge in [-0.2, -0.15) is 0 Å². The molecular formula is C15H19BrFNO2. The topological polar surface area (TPSA) is 52.3 Å². The second-order valence-electron chi connectivity index (χ2n) is 5.32. The summed E-state index contributed by atoms with van der Waals surface area (Å²) in [5, 5.41) is 0. The summed E-state index contributed by atoms with van der Waals surface area (Å²) in [5.74, 6) is -0.356. The standard InChI is InChI=1S/C15H19BrFNO2/c1-2-9-4-3-5-10(6-9)20-15(19)11-7-14(18)13(17)8-12(11)16/h7-10H,2-6,18H2,1H3. The van der Waals surface area contributed by atoms with E-state index in [1.54, 1.807) is 0 Å². The third kappa shape index (κ3) is 3.51. The van der Waals surface area contributed by atoms with Crippen molar-refractivity contribution < 1.29 is 13.9 Å². The number of hydrogen-bond acceptors (Lipinski definition) is 3. The van der Waals surface area contributed by atoms with Gasteiger partial charge in [0, 0.05) is 4.47 Å². The molecule has 0 bridgehead atoms. The van der Waals surface area contributed by atoms with Crippen molar-refractivity contribution >= 4 is 27.6 Å². The number of esters is 1. The van der Waals surface area contributed by atoms with Crippen LogP contribution in [0.3, 0.4) is 0 Å². The zero-order chi connectivity index (χ0) is 14.7. The van der Waals surface area contributed by atoms with Crippen molar-refractivity contribution in [2.24, 2.45) is 5.92 Å². The minimum atomic E-state index is -0.544. The fraction of sp³-hybridized carbons (Fsp3) is 0.533. The summed E-state index contributed by atoms with van der Waals surface area (Å²) in [5.41, 5.74) is 5.73. The largest absolute Gasteiger partial charge is 0.459 e. The Morgan fingerprint density at radius 3 is 2.95 bits per heavy atom. The van der Waals surface area contributed by atoms with Gasteiger partial charge < -0.3 is 10.5 Å². The average molecular weight is 344 g/mol.